The number of nitrogens with one attached hydrogen (secondary N) is 2. The first-order valence-electron chi connectivity index (χ1n) is 8.55. The fraction of sp³-hybridized carbons (Fsp3) is 0.765. The molecule has 1 aliphatic rings. The summed E-state index contributed by atoms with van der Waals surface area (Å²) in [7, 11) is 0. The van der Waals surface area contributed by atoms with Gasteiger partial charge in [0.1, 0.15) is 5.60 Å². The molecule has 0 saturated heterocycles. The average Bonchev–Trinajstić information content (AvgIpc) is 2.89. The van der Waals surface area contributed by atoms with Crippen LogP contribution in [0.2, 0.25) is 0 Å². The smallest absolute Gasteiger partial charge is 0.407 e. The highest BCUT2D eigenvalue weighted by atomic mass is 16.6. The third-order valence-corrected chi connectivity index (χ3v) is 3.94. The van der Waals surface area contributed by atoms with Gasteiger partial charge in [0.2, 0.25) is 0 Å². The van der Waals surface area contributed by atoms with Crippen LogP contribution >= 0.6 is 0 Å². The quantitative estimate of drug-likeness (QED) is 0.874. The molecule has 1 aromatic heterocycles. The van der Waals surface area contributed by atoms with Crippen LogP contribution in [-0.4, -0.2) is 39.6 Å². The molecular weight excluding hydrogens is 292 g/mol. The van der Waals surface area contributed by atoms with E-state index in [-0.39, 0.29) is 12.1 Å². The molecular formula is C17H30N4O2. The first kappa shape index (κ1) is 17.8. The molecule has 1 amide bonds. The lowest BCUT2D eigenvalue weighted by Gasteiger charge is -2.32. The highest BCUT2D eigenvalue weighted by molar-refractivity contribution is 5.68. The molecule has 1 aromatic rings. The monoisotopic (exact) mass is 322 g/mol. The van der Waals surface area contributed by atoms with Gasteiger partial charge in [0.05, 0.1) is 6.54 Å². The minimum Gasteiger partial charge on any atom is -0.444 e. The summed E-state index contributed by atoms with van der Waals surface area (Å²) in [4.78, 5) is 11.9. The Morgan fingerprint density at radius 1 is 1.39 bits per heavy atom. The zero-order valence-corrected chi connectivity index (χ0v) is 14.7. The highest BCUT2D eigenvalue weighted by Crippen LogP contribution is 2.20. The van der Waals surface area contributed by atoms with Gasteiger partial charge in [-0.1, -0.05) is 0 Å². The van der Waals surface area contributed by atoms with Gasteiger partial charge in [-0.3, -0.25) is 4.68 Å². The van der Waals surface area contributed by atoms with Crippen molar-refractivity contribution in [2.75, 3.05) is 0 Å². The van der Waals surface area contributed by atoms with Crippen LogP contribution in [0, 0.1) is 0 Å². The SMILES string of the molecule is CC(Cn1cccn1)NC1CCCC(NC(=O)OC(C)(C)C)C1. The summed E-state index contributed by atoms with van der Waals surface area (Å²) in [6, 6.07) is 2.90. The molecule has 0 bridgehead atoms. The number of rotatable bonds is 5. The summed E-state index contributed by atoms with van der Waals surface area (Å²) in [5, 5.41) is 10.9. The minimum atomic E-state index is -0.450. The van der Waals surface area contributed by atoms with Gasteiger partial charge in [-0.2, -0.15) is 5.10 Å². The molecule has 6 nitrogen and oxygen atoms in total. The summed E-state index contributed by atoms with van der Waals surface area (Å²) in [6.07, 6.45) is 7.70. The maximum absolute atomic E-state index is 11.9. The Balaban J connectivity index is 1.75. The minimum absolute atomic E-state index is 0.188. The van der Waals surface area contributed by atoms with Crippen molar-refractivity contribution >= 4 is 6.09 Å². The lowest BCUT2D eigenvalue weighted by molar-refractivity contribution is 0.0488. The predicted octanol–water partition coefficient (Wildman–Crippen LogP) is 2.70. The van der Waals surface area contributed by atoms with Gasteiger partial charge in [-0.05, 0) is 59.4 Å². The molecule has 6 heteroatoms. The Kier molecular flexibility index (Phi) is 6.04. The molecule has 0 aromatic carbocycles. The normalized spacial score (nSPS) is 23.3. The topological polar surface area (TPSA) is 68.2 Å². The second-order valence-electron chi connectivity index (χ2n) is 7.50. The van der Waals surface area contributed by atoms with Gasteiger partial charge in [-0.15, -0.1) is 0 Å². The van der Waals surface area contributed by atoms with Crippen molar-refractivity contribution in [1.29, 1.82) is 0 Å². The third kappa shape index (κ3) is 6.60. The summed E-state index contributed by atoms with van der Waals surface area (Å²) >= 11 is 0. The van der Waals surface area contributed by atoms with E-state index in [4.69, 9.17) is 4.74 Å². The number of amides is 1. The van der Waals surface area contributed by atoms with Gasteiger partial charge >= 0.3 is 6.09 Å². The Morgan fingerprint density at radius 3 is 2.78 bits per heavy atom. The van der Waals surface area contributed by atoms with Gasteiger partial charge < -0.3 is 15.4 Å². The van der Waals surface area contributed by atoms with Crippen molar-refractivity contribution < 1.29 is 9.53 Å². The van der Waals surface area contributed by atoms with Crippen molar-refractivity contribution in [3.63, 3.8) is 0 Å². The van der Waals surface area contributed by atoms with E-state index in [9.17, 15) is 4.79 Å². The number of hydrogen-bond donors (Lipinski definition) is 2. The number of nitrogens with zero attached hydrogens (tertiary/aromatic N) is 2. The fourth-order valence-corrected chi connectivity index (χ4v) is 3.09. The molecule has 1 fully saturated rings. The molecule has 130 valence electrons. The van der Waals surface area contributed by atoms with E-state index in [0.717, 1.165) is 32.2 Å². The van der Waals surface area contributed by atoms with E-state index in [1.807, 2.05) is 37.7 Å². The van der Waals surface area contributed by atoms with E-state index in [2.05, 4.69) is 22.7 Å². The summed E-state index contributed by atoms with van der Waals surface area (Å²) in [5.74, 6) is 0. The Labute approximate surface area is 139 Å². The maximum Gasteiger partial charge on any atom is 0.407 e. The van der Waals surface area contributed by atoms with Gasteiger partial charge in [0.15, 0.2) is 0 Å². The molecule has 2 rings (SSSR count). The zero-order valence-electron chi connectivity index (χ0n) is 14.7. The van der Waals surface area contributed by atoms with Gasteiger partial charge in [0.25, 0.3) is 0 Å². The first-order valence-corrected chi connectivity index (χ1v) is 8.55. The zero-order chi connectivity index (χ0) is 16.9. The Hall–Kier alpha value is -1.56. The van der Waals surface area contributed by atoms with Crippen LogP contribution in [0.15, 0.2) is 18.5 Å². The second kappa shape index (κ2) is 7.81. The van der Waals surface area contributed by atoms with Crippen LogP contribution < -0.4 is 10.6 Å². The second-order valence-corrected chi connectivity index (χ2v) is 7.50. The molecule has 3 atom stereocenters. The van der Waals surface area contributed by atoms with E-state index in [0.29, 0.717) is 12.1 Å². The molecule has 3 unspecified atom stereocenters. The third-order valence-electron chi connectivity index (χ3n) is 3.94. The molecule has 1 heterocycles. The standard InChI is InChI=1S/C17H30N4O2/c1-13(12-21-10-6-9-18-21)19-14-7-5-8-15(11-14)20-16(22)23-17(2,3)4/h6,9-10,13-15,19H,5,7-8,11-12H2,1-4H3,(H,20,22). The number of alkyl carbamates (subject to hydrolysis) is 1. The Bertz CT molecular complexity index is 481. The molecule has 0 aliphatic heterocycles. The summed E-state index contributed by atoms with van der Waals surface area (Å²) in [6.45, 7) is 8.68. The van der Waals surface area contributed by atoms with Crippen molar-refractivity contribution in [3.05, 3.63) is 18.5 Å². The number of hydrogen-bond acceptors (Lipinski definition) is 4. The molecule has 1 aliphatic carbocycles. The van der Waals surface area contributed by atoms with Gasteiger partial charge in [0, 0.05) is 30.5 Å². The average molecular weight is 322 g/mol. The molecule has 23 heavy (non-hydrogen) atoms. The van der Waals surface area contributed by atoms with Crippen molar-refractivity contribution in [2.45, 2.75) is 83.6 Å². The van der Waals surface area contributed by atoms with Crippen LogP contribution in [0.3, 0.4) is 0 Å². The molecule has 2 N–H and O–H groups in total. The maximum atomic E-state index is 11.9. The van der Waals surface area contributed by atoms with Crippen molar-refractivity contribution in [3.8, 4) is 0 Å². The number of carbonyl (C=O) groups is 1. The highest BCUT2D eigenvalue weighted by Gasteiger charge is 2.26. The molecule has 0 radical (unpaired) electrons. The van der Waals surface area contributed by atoms with E-state index < -0.39 is 5.60 Å². The summed E-state index contributed by atoms with van der Waals surface area (Å²) < 4.78 is 7.29. The lowest BCUT2D eigenvalue weighted by atomic mass is 9.90. The van der Waals surface area contributed by atoms with Crippen LogP contribution in [0.1, 0.15) is 53.4 Å². The van der Waals surface area contributed by atoms with E-state index in [1.54, 1.807) is 6.20 Å². The molecule has 1 saturated carbocycles. The predicted molar refractivity (Wildman–Crippen MR) is 90.2 cm³/mol. The van der Waals surface area contributed by atoms with Gasteiger partial charge in [-0.25, -0.2) is 4.79 Å². The van der Waals surface area contributed by atoms with E-state index >= 15 is 0 Å². The van der Waals surface area contributed by atoms with Crippen LogP contribution in [0.4, 0.5) is 4.79 Å². The Morgan fingerprint density at radius 2 is 2.13 bits per heavy atom. The van der Waals surface area contributed by atoms with E-state index in [1.165, 1.54) is 0 Å². The van der Waals surface area contributed by atoms with Crippen LogP contribution in [0.25, 0.3) is 0 Å². The lowest BCUT2D eigenvalue weighted by Crippen LogP contribution is -2.48. The van der Waals surface area contributed by atoms with Crippen molar-refractivity contribution in [2.24, 2.45) is 0 Å². The number of aromatic nitrogens is 2. The summed E-state index contributed by atoms with van der Waals surface area (Å²) in [5.41, 5.74) is -0.450. The van der Waals surface area contributed by atoms with Crippen LogP contribution in [-0.2, 0) is 11.3 Å². The van der Waals surface area contributed by atoms with Crippen LogP contribution in [0.5, 0.6) is 0 Å². The molecule has 0 spiro atoms. The van der Waals surface area contributed by atoms with Crippen molar-refractivity contribution in [1.82, 2.24) is 20.4 Å². The number of ether oxygens (including phenoxy) is 1. The fourth-order valence-electron chi connectivity index (χ4n) is 3.09. The number of carbonyl (C=O) groups excluding carboxylic acids is 1. The first-order chi connectivity index (χ1) is 10.8. The largest absolute Gasteiger partial charge is 0.444 e.